The van der Waals surface area contributed by atoms with Gasteiger partial charge in [-0.3, -0.25) is 0 Å². The molecule has 2 atom stereocenters. The van der Waals surface area contributed by atoms with Gasteiger partial charge in [0, 0.05) is 4.70 Å². The minimum atomic E-state index is 0. The van der Waals surface area contributed by atoms with Crippen LogP contribution in [0.3, 0.4) is 0 Å². The van der Waals surface area contributed by atoms with Gasteiger partial charge in [0.05, 0.1) is 0 Å². The molecular weight excluding hydrogens is 250 g/mol. The summed E-state index contributed by atoms with van der Waals surface area (Å²) < 4.78 is 1.50. The first-order chi connectivity index (χ1) is 7.86. The molecule has 3 rings (SSSR count). The Morgan fingerprint density at radius 2 is 2.18 bits per heavy atom. The number of nitrogens with one attached hydrogen (secondary N) is 1. The van der Waals surface area contributed by atoms with E-state index in [0.717, 1.165) is 24.9 Å². The van der Waals surface area contributed by atoms with Crippen LogP contribution in [0.1, 0.15) is 24.8 Å². The molecule has 2 unspecified atom stereocenters. The third-order valence-electron chi connectivity index (χ3n) is 3.69. The van der Waals surface area contributed by atoms with Gasteiger partial charge in [-0.25, -0.2) is 0 Å². The van der Waals surface area contributed by atoms with Gasteiger partial charge in [0.1, 0.15) is 0 Å². The van der Waals surface area contributed by atoms with Gasteiger partial charge in [-0.1, -0.05) is 25.1 Å². The molecule has 1 aliphatic heterocycles. The molecule has 0 bridgehead atoms. The Bertz CT molecular complexity index is 494. The van der Waals surface area contributed by atoms with E-state index in [-0.39, 0.29) is 12.4 Å². The summed E-state index contributed by atoms with van der Waals surface area (Å²) in [7, 11) is 0. The van der Waals surface area contributed by atoms with Crippen molar-refractivity contribution in [1.29, 1.82) is 0 Å². The lowest BCUT2D eigenvalue weighted by Crippen LogP contribution is -2.33. The van der Waals surface area contributed by atoms with Crippen molar-refractivity contribution in [2.75, 3.05) is 13.1 Å². The summed E-state index contributed by atoms with van der Waals surface area (Å²) in [4.78, 5) is 0. The second-order valence-electron chi connectivity index (χ2n) is 4.76. The van der Waals surface area contributed by atoms with Crippen LogP contribution in [0.2, 0.25) is 0 Å². The number of halogens is 1. The molecular formula is C14H18ClNS. The Labute approximate surface area is 113 Å². The van der Waals surface area contributed by atoms with Crippen molar-refractivity contribution in [2.24, 2.45) is 5.92 Å². The molecule has 1 nitrogen and oxygen atoms in total. The van der Waals surface area contributed by atoms with Crippen LogP contribution in [0.5, 0.6) is 0 Å². The third kappa shape index (κ3) is 2.35. The van der Waals surface area contributed by atoms with E-state index in [1.807, 2.05) is 11.3 Å². The minimum Gasteiger partial charge on any atom is -0.316 e. The summed E-state index contributed by atoms with van der Waals surface area (Å²) in [6.45, 7) is 4.69. The van der Waals surface area contributed by atoms with Crippen LogP contribution in [-0.4, -0.2) is 13.1 Å². The molecule has 3 heteroatoms. The molecule has 0 aliphatic carbocycles. The lowest BCUT2D eigenvalue weighted by Gasteiger charge is -2.30. The highest BCUT2D eigenvalue weighted by molar-refractivity contribution is 7.17. The zero-order valence-corrected chi connectivity index (χ0v) is 11.6. The standard InChI is InChI=1S/C14H17NS.ClH/c1-10-9-15-7-5-12(10)13-4-2-3-11-6-8-16-14(11)13;/h2-4,6,8,10,12,15H,5,7,9H2,1H3;1H. The fourth-order valence-electron chi connectivity index (χ4n) is 2.78. The fraction of sp³-hybridized carbons (Fsp3) is 0.429. The highest BCUT2D eigenvalue weighted by atomic mass is 35.5. The van der Waals surface area contributed by atoms with Crippen LogP contribution in [0.25, 0.3) is 10.1 Å². The van der Waals surface area contributed by atoms with E-state index < -0.39 is 0 Å². The SMILES string of the molecule is CC1CNCCC1c1cccc2ccsc12.Cl. The molecule has 0 spiro atoms. The molecule has 92 valence electrons. The van der Waals surface area contributed by atoms with Gasteiger partial charge in [0.15, 0.2) is 0 Å². The molecule has 1 aromatic carbocycles. The highest BCUT2D eigenvalue weighted by Gasteiger charge is 2.24. The van der Waals surface area contributed by atoms with E-state index in [0.29, 0.717) is 0 Å². The van der Waals surface area contributed by atoms with Gasteiger partial charge in [-0.2, -0.15) is 0 Å². The van der Waals surface area contributed by atoms with E-state index in [1.165, 1.54) is 16.5 Å². The van der Waals surface area contributed by atoms with Gasteiger partial charge in [-0.15, -0.1) is 23.7 Å². The van der Waals surface area contributed by atoms with Crippen LogP contribution in [0.4, 0.5) is 0 Å². The Kier molecular flexibility index (Phi) is 4.08. The Hall–Kier alpha value is -0.570. The summed E-state index contributed by atoms with van der Waals surface area (Å²) in [6, 6.07) is 8.99. The molecule has 0 saturated carbocycles. The number of piperidine rings is 1. The van der Waals surface area contributed by atoms with Crippen molar-refractivity contribution < 1.29 is 0 Å². The molecule has 1 saturated heterocycles. The predicted molar refractivity (Wildman–Crippen MR) is 78.5 cm³/mol. The number of fused-ring (bicyclic) bond motifs is 1. The van der Waals surface area contributed by atoms with Crippen molar-refractivity contribution >= 4 is 33.8 Å². The first-order valence-electron chi connectivity index (χ1n) is 6.03. The maximum atomic E-state index is 3.48. The van der Waals surface area contributed by atoms with Gasteiger partial charge in [-0.05, 0) is 53.7 Å². The molecule has 0 radical (unpaired) electrons. The van der Waals surface area contributed by atoms with Gasteiger partial charge in [0.25, 0.3) is 0 Å². The zero-order valence-electron chi connectivity index (χ0n) is 9.98. The number of hydrogen-bond acceptors (Lipinski definition) is 2. The maximum absolute atomic E-state index is 3.48. The van der Waals surface area contributed by atoms with Crippen molar-refractivity contribution in [2.45, 2.75) is 19.3 Å². The average molecular weight is 268 g/mol. The normalized spacial score (nSPS) is 24.5. The van der Waals surface area contributed by atoms with Crippen molar-refractivity contribution in [1.82, 2.24) is 5.32 Å². The third-order valence-corrected chi connectivity index (χ3v) is 4.67. The lowest BCUT2D eigenvalue weighted by molar-refractivity contribution is 0.351. The lowest BCUT2D eigenvalue weighted by atomic mass is 9.82. The van der Waals surface area contributed by atoms with Crippen molar-refractivity contribution in [3.8, 4) is 0 Å². The number of benzene rings is 1. The Balaban J connectivity index is 0.00000108. The summed E-state index contributed by atoms with van der Waals surface area (Å²) in [5.41, 5.74) is 1.57. The molecule has 1 aliphatic rings. The van der Waals surface area contributed by atoms with Crippen LogP contribution in [0, 0.1) is 5.92 Å². The van der Waals surface area contributed by atoms with Crippen molar-refractivity contribution in [3.63, 3.8) is 0 Å². The van der Waals surface area contributed by atoms with E-state index >= 15 is 0 Å². The monoisotopic (exact) mass is 267 g/mol. The molecule has 1 aromatic heterocycles. The first kappa shape index (κ1) is 12.9. The Morgan fingerprint density at radius 1 is 1.29 bits per heavy atom. The second-order valence-corrected chi connectivity index (χ2v) is 5.68. The largest absolute Gasteiger partial charge is 0.316 e. The minimum absolute atomic E-state index is 0. The van der Waals surface area contributed by atoms with E-state index in [1.54, 1.807) is 5.56 Å². The van der Waals surface area contributed by atoms with Crippen LogP contribution < -0.4 is 5.32 Å². The van der Waals surface area contributed by atoms with Gasteiger partial charge in [0.2, 0.25) is 0 Å². The number of hydrogen-bond donors (Lipinski definition) is 1. The topological polar surface area (TPSA) is 12.0 Å². The second kappa shape index (κ2) is 5.38. The number of thiophene rings is 1. The van der Waals surface area contributed by atoms with E-state index in [2.05, 4.69) is 41.9 Å². The molecule has 17 heavy (non-hydrogen) atoms. The maximum Gasteiger partial charge on any atom is 0.0377 e. The first-order valence-corrected chi connectivity index (χ1v) is 6.91. The van der Waals surface area contributed by atoms with Crippen LogP contribution in [0.15, 0.2) is 29.6 Å². The Morgan fingerprint density at radius 3 is 3.00 bits per heavy atom. The van der Waals surface area contributed by atoms with E-state index in [9.17, 15) is 0 Å². The average Bonchev–Trinajstić information content (AvgIpc) is 2.77. The van der Waals surface area contributed by atoms with E-state index in [4.69, 9.17) is 0 Å². The van der Waals surface area contributed by atoms with Crippen LogP contribution >= 0.6 is 23.7 Å². The molecule has 2 heterocycles. The molecule has 0 amide bonds. The quantitative estimate of drug-likeness (QED) is 0.822. The summed E-state index contributed by atoms with van der Waals surface area (Å²) in [6.07, 6.45) is 1.28. The molecule has 2 aromatic rings. The highest BCUT2D eigenvalue weighted by Crippen LogP contribution is 2.36. The number of rotatable bonds is 1. The molecule has 1 N–H and O–H groups in total. The summed E-state index contributed by atoms with van der Waals surface area (Å²) >= 11 is 1.89. The zero-order chi connectivity index (χ0) is 11.0. The predicted octanol–water partition coefficient (Wildman–Crippen LogP) is 4.04. The molecule has 1 fully saturated rings. The van der Waals surface area contributed by atoms with Crippen molar-refractivity contribution in [3.05, 3.63) is 35.2 Å². The summed E-state index contributed by atoms with van der Waals surface area (Å²) in [5.74, 6) is 1.49. The van der Waals surface area contributed by atoms with Crippen LogP contribution in [-0.2, 0) is 0 Å². The fourth-order valence-corrected chi connectivity index (χ4v) is 3.76. The van der Waals surface area contributed by atoms with Gasteiger partial charge >= 0.3 is 0 Å². The smallest absolute Gasteiger partial charge is 0.0377 e. The van der Waals surface area contributed by atoms with Gasteiger partial charge < -0.3 is 5.32 Å². The summed E-state index contributed by atoms with van der Waals surface area (Å²) in [5, 5.41) is 7.10.